The first kappa shape index (κ1) is 13.6. The van der Waals surface area contributed by atoms with Crippen LogP contribution in [0, 0.1) is 0 Å². The number of benzene rings is 1. The van der Waals surface area contributed by atoms with Crippen molar-refractivity contribution in [2.45, 2.75) is 12.6 Å². The maximum atomic E-state index is 6.07. The van der Waals surface area contributed by atoms with Crippen molar-refractivity contribution in [2.24, 2.45) is 0 Å². The number of halogens is 1. The van der Waals surface area contributed by atoms with Crippen molar-refractivity contribution in [3.8, 4) is 0 Å². The predicted octanol–water partition coefficient (Wildman–Crippen LogP) is 2.70. The van der Waals surface area contributed by atoms with Crippen LogP contribution in [0.25, 0.3) is 0 Å². The van der Waals surface area contributed by atoms with Crippen molar-refractivity contribution in [1.82, 2.24) is 5.32 Å². The molecule has 0 aliphatic carbocycles. The Bertz CT molecular complexity index is 403. The summed E-state index contributed by atoms with van der Waals surface area (Å²) in [6.07, 6.45) is 1.75. The summed E-state index contributed by atoms with van der Waals surface area (Å²) in [6.45, 7) is 7.06. The van der Waals surface area contributed by atoms with Gasteiger partial charge in [-0.1, -0.05) is 23.7 Å². The molecule has 3 nitrogen and oxygen atoms in total. The third-order valence-electron chi connectivity index (χ3n) is 2.90. The van der Waals surface area contributed by atoms with Gasteiger partial charge < -0.3 is 14.8 Å². The fourth-order valence-electron chi connectivity index (χ4n) is 2.04. The van der Waals surface area contributed by atoms with E-state index in [1.165, 1.54) is 0 Å². The molecular weight excluding hydrogens is 250 g/mol. The van der Waals surface area contributed by atoms with Gasteiger partial charge in [-0.05, 0) is 23.3 Å². The lowest BCUT2D eigenvalue weighted by Crippen LogP contribution is -2.35. The van der Waals surface area contributed by atoms with Crippen LogP contribution in [-0.4, -0.2) is 26.4 Å². The number of rotatable bonds is 5. The lowest BCUT2D eigenvalue weighted by molar-refractivity contribution is 0.0754. The molecule has 1 aromatic rings. The van der Waals surface area contributed by atoms with Crippen LogP contribution in [-0.2, 0) is 16.1 Å². The monoisotopic (exact) mass is 267 g/mol. The van der Waals surface area contributed by atoms with Gasteiger partial charge >= 0.3 is 0 Å². The minimum absolute atomic E-state index is 0.194. The van der Waals surface area contributed by atoms with Gasteiger partial charge in [0, 0.05) is 11.6 Å². The number of hydrogen-bond donors (Lipinski definition) is 1. The zero-order chi connectivity index (χ0) is 12.8. The topological polar surface area (TPSA) is 30.5 Å². The van der Waals surface area contributed by atoms with E-state index in [1.54, 1.807) is 6.08 Å². The van der Waals surface area contributed by atoms with Gasteiger partial charge in [0.1, 0.15) is 0 Å². The van der Waals surface area contributed by atoms with Crippen LogP contribution in [0.1, 0.15) is 17.2 Å². The fourth-order valence-corrected chi connectivity index (χ4v) is 2.22. The minimum atomic E-state index is 0.194. The van der Waals surface area contributed by atoms with E-state index in [2.05, 4.69) is 11.9 Å². The van der Waals surface area contributed by atoms with E-state index in [4.69, 9.17) is 21.1 Å². The van der Waals surface area contributed by atoms with E-state index in [0.717, 1.165) is 29.3 Å². The zero-order valence-corrected chi connectivity index (χ0v) is 11.1. The molecule has 98 valence electrons. The number of morpholine rings is 1. The molecule has 1 heterocycles. The van der Waals surface area contributed by atoms with Gasteiger partial charge in [-0.2, -0.15) is 0 Å². The molecule has 1 fully saturated rings. The van der Waals surface area contributed by atoms with Crippen molar-refractivity contribution in [1.29, 1.82) is 0 Å². The maximum absolute atomic E-state index is 6.07. The van der Waals surface area contributed by atoms with Crippen molar-refractivity contribution in [3.63, 3.8) is 0 Å². The molecule has 0 radical (unpaired) electrons. The minimum Gasteiger partial charge on any atom is -0.378 e. The Morgan fingerprint density at radius 3 is 3.17 bits per heavy atom. The molecule has 0 aromatic heterocycles. The summed E-state index contributed by atoms with van der Waals surface area (Å²) in [6, 6.07) is 6.08. The molecule has 1 saturated heterocycles. The fraction of sp³-hybridized carbons (Fsp3) is 0.429. The first-order valence-corrected chi connectivity index (χ1v) is 6.47. The Kier molecular flexibility index (Phi) is 5.20. The summed E-state index contributed by atoms with van der Waals surface area (Å²) < 4.78 is 11.0. The second-order valence-electron chi connectivity index (χ2n) is 4.23. The van der Waals surface area contributed by atoms with Crippen LogP contribution >= 0.6 is 11.6 Å². The number of ether oxygens (including phenoxy) is 2. The highest BCUT2D eigenvalue weighted by molar-refractivity contribution is 6.30. The van der Waals surface area contributed by atoms with Crippen molar-refractivity contribution < 1.29 is 9.47 Å². The summed E-state index contributed by atoms with van der Waals surface area (Å²) in [5.41, 5.74) is 2.30. The van der Waals surface area contributed by atoms with E-state index >= 15 is 0 Å². The average Bonchev–Trinajstić information content (AvgIpc) is 2.41. The third-order valence-corrected chi connectivity index (χ3v) is 3.13. The van der Waals surface area contributed by atoms with Gasteiger partial charge in [0.25, 0.3) is 0 Å². The number of hydrogen-bond acceptors (Lipinski definition) is 3. The second-order valence-corrected chi connectivity index (χ2v) is 4.66. The van der Waals surface area contributed by atoms with Crippen molar-refractivity contribution in [2.75, 3.05) is 26.4 Å². The van der Waals surface area contributed by atoms with Crippen LogP contribution in [0.3, 0.4) is 0 Å². The van der Waals surface area contributed by atoms with E-state index < -0.39 is 0 Å². The lowest BCUT2D eigenvalue weighted by Gasteiger charge is -2.26. The van der Waals surface area contributed by atoms with Crippen LogP contribution in [0.5, 0.6) is 0 Å². The highest BCUT2D eigenvalue weighted by Crippen LogP contribution is 2.24. The second kappa shape index (κ2) is 6.90. The molecule has 0 saturated carbocycles. The summed E-state index contributed by atoms with van der Waals surface area (Å²) in [5.74, 6) is 0. The molecule has 1 atom stereocenters. The Balaban J connectivity index is 2.13. The molecule has 18 heavy (non-hydrogen) atoms. The Morgan fingerprint density at radius 2 is 2.44 bits per heavy atom. The molecule has 1 unspecified atom stereocenters. The molecule has 2 rings (SSSR count). The highest BCUT2D eigenvalue weighted by atomic mass is 35.5. The van der Waals surface area contributed by atoms with Gasteiger partial charge in [-0.15, -0.1) is 6.58 Å². The number of nitrogens with one attached hydrogen (secondary N) is 1. The molecule has 1 aromatic carbocycles. The third kappa shape index (κ3) is 3.56. The van der Waals surface area contributed by atoms with E-state index in [9.17, 15) is 0 Å². The smallest absolute Gasteiger partial charge is 0.0724 e. The van der Waals surface area contributed by atoms with E-state index in [-0.39, 0.29) is 6.04 Å². The van der Waals surface area contributed by atoms with E-state index in [1.807, 2.05) is 18.2 Å². The zero-order valence-electron chi connectivity index (χ0n) is 10.3. The standard InChI is InChI=1S/C14H18ClNO2/c1-2-6-17-9-11-3-4-12(15)8-13(11)14-10-18-7-5-16-14/h2-4,8,14,16H,1,5-7,9-10H2. The van der Waals surface area contributed by atoms with Crippen molar-refractivity contribution >= 4 is 11.6 Å². The van der Waals surface area contributed by atoms with Gasteiger partial charge in [-0.25, -0.2) is 0 Å². The van der Waals surface area contributed by atoms with E-state index in [0.29, 0.717) is 19.8 Å². The van der Waals surface area contributed by atoms with Gasteiger partial charge in [0.15, 0.2) is 0 Å². The normalized spacial score (nSPS) is 19.7. The SMILES string of the molecule is C=CCOCc1ccc(Cl)cc1C1COCCN1. The van der Waals surface area contributed by atoms with Gasteiger partial charge in [0.2, 0.25) is 0 Å². The van der Waals surface area contributed by atoms with Crippen LogP contribution in [0.15, 0.2) is 30.9 Å². The highest BCUT2D eigenvalue weighted by Gasteiger charge is 2.18. The van der Waals surface area contributed by atoms with Crippen LogP contribution < -0.4 is 5.32 Å². The Labute approximate surface area is 113 Å². The molecule has 1 aliphatic heterocycles. The van der Waals surface area contributed by atoms with Gasteiger partial charge in [-0.3, -0.25) is 0 Å². The van der Waals surface area contributed by atoms with Crippen molar-refractivity contribution in [3.05, 3.63) is 47.0 Å². The summed E-state index contributed by atoms with van der Waals surface area (Å²) in [4.78, 5) is 0. The molecule has 4 heteroatoms. The molecule has 0 bridgehead atoms. The average molecular weight is 268 g/mol. The van der Waals surface area contributed by atoms with Gasteiger partial charge in [0.05, 0.1) is 32.5 Å². The molecule has 0 spiro atoms. The molecule has 1 aliphatic rings. The first-order chi connectivity index (χ1) is 8.81. The van der Waals surface area contributed by atoms with Crippen LogP contribution in [0.2, 0.25) is 5.02 Å². The Morgan fingerprint density at radius 1 is 1.56 bits per heavy atom. The molecule has 1 N–H and O–H groups in total. The summed E-state index contributed by atoms with van der Waals surface area (Å²) >= 11 is 6.07. The summed E-state index contributed by atoms with van der Waals surface area (Å²) in [5, 5.41) is 4.17. The predicted molar refractivity (Wildman–Crippen MR) is 72.9 cm³/mol. The first-order valence-electron chi connectivity index (χ1n) is 6.09. The maximum Gasteiger partial charge on any atom is 0.0724 e. The lowest BCUT2D eigenvalue weighted by atomic mass is 10.0. The van der Waals surface area contributed by atoms with Crippen LogP contribution in [0.4, 0.5) is 0 Å². The molecular formula is C14H18ClNO2. The quantitative estimate of drug-likeness (QED) is 0.657. The molecule has 0 amide bonds. The largest absolute Gasteiger partial charge is 0.378 e. The summed E-state index contributed by atoms with van der Waals surface area (Å²) in [7, 11) is 0. The Hall–Kier alpha value is -0.870.